The molecule has 0 bridgehead atoms. The molecular formula is C23H32N4O4S. The minimum absolute atomic E-state index is 0.359. The van der Waals surface area contributed by atoms with Crippen molar-refractivity contribution in [3.05, 3.63) is 35.0 Å². The first-order valence-electron chi connectivity index (χ1n) is 11.2. The second kappa shape index (κ2) is 11.3. The van der Waals surface area contributed by atoms with Gasteiger partial charge in [-0.1, -0.05) is 38.6 Å². The van der Waals surface area contributed by atoms with Crippen LogP contribution in [0.1, 0.15) is 59.1 Å². The molecule has 0 radical (unpaired) electrons. The predicted octanol–water partition coefficient (Wildman–Crippen LogP) is 4.82. The van der Waals surface area contributed by atoms with Crippen molar-refractivity contribution in [3.63, 3.8) is 0 Å². The first-order chi connectivity index (χ1) is 15.5. The molecular weight excluding hydrogens is 428 g/mol. The quantitative estimate of drug-likeness (QED) is 0.377. The number of esters is 1. The van der Waals surface area contributed by atoms with Crippen LogP contribution in [-0.2, 0) is 9.53 Å². The van der Waals surface area contributed by atoms with Gasteiger partial charge in [-0.15, -0.1) is 5.10 Å². The molecule has 0 amide bonds. The number of hydrogen-bond acceptors (Lipinski definition) is 8. The van der Waals surface area contributed by atoms with Crippen molar-refractivity contribution < 1.29 is 19.0 Å². The number of nitrogens with one attached hydrogen (secondary N) is 1. The van der Waals surface area contributed by atoms with Crippen LogP contribution in [0.5, 0.6) is 11.5 Å². The zero-order valence-corrected chi connectivity index (χ0v) is 20.3. The first-order valence-corrected chi connectivity index (χ1v) is 12.2. The number of thioether (sulfide) groups is 1. The summed E-state index contributed by atoms with van der Waals surface area (Å²) >= 11 is 1.55. The second-order valence-electron chi connectivity index (χ2n) is 7.29. The van der Waals surface area contributed by atoms with Gasteiger partial charge in [-0.3, -0.25) is 0 Å². The van der Waals surface area contributed by atoms with E-state index in [0.717, 1.165) is 24.2 Å². The van der Waals surface area contributed by atoms with Crippen molar-refractivity contribution in [2.45, 2.75) is 58.7 Å². The highest BCUT2D eigenvalue weighted by atomic mass is 32.2. The lowest BCUT2D eigenvalue weighted by Crippen LogP contribution is -2.29. The molecule has 3 rings (SSSR count). The van der Waals surface area contributed by atoms with Gasteiger partial charge < -0.3 is 19.5 Å². The van der Waals surface area contributed by atoms with Crippen LogP contribution in [0.25, 0.3) is 0 Å². The number of carbonyl (C=O) groups is 1. The van der Waals surface area contributed by atoms with E-state index in [1.165, 1.54) is 0 Å². The number of carbonyl (C=O) groups excluding carboxylic acids is 1. The molecule has 1 unspecified atom stereocenters. The molecule has 0 spiro atoms. The fourth-order valence-corrected chi connectivity index (χ4v) is 4.02. The lowest BCUT2D eigenvalue weighted by molar-refractivity contribution is -0.139. The highest BCUT2D eigenvalue weighted by molar-refractivity contribution is 7.99. The first kappa shape index (κ1) is 24.0. The van der Waals surface area contributed by atoms with Crippen molar-refractivity contribution >= 4 is 23.7 Å². The highest BCUT2D eigenvalue weighted by Gasteiger charge is 2.35. The summed E-state index contributed by atoms with van der Waals surface area (Å²) in [7, 11) is 0. The van der Waals surface area contributed by atoms with Crippen molar-refractivity contribution in [2.75, 3.05) is 30.9 Å². The summed E-state index contributed by atoms with van der Waals surface area (Å²) in [5.41, 5.74) is 2.06. The number of nitrogens with zero attached hydrogens (tertiary/aromatic N) is 3. The van der Waals surface area contributed by atoms with Crippen LogP contribution in [0.4, 0.5) is 5.95 Å². The monoisotopic (exact) mass is 460 g/mol. The molecule has 174 valence electrons. The largest absolute Gasteiger partial charge is 0.490 e. The van der Waals surface area contributed by atoms with Crippen molar-refractivity contribution in [3.8, 4) is 11.5 Å². The van der Waals surface area contributed by atoms with Crippen LogP contribution in [0.2, 0.25) is 0 Å². The summed E-state index contributed by atoms with van der Waals surface area (Å²) in [4.78, 5) is 17.7. The van der Waals surface area contributed by atoms with E-state index in [9.17, 15) is 4.79 Å². The van der Waals surface area contributed by atoms with E-state index in [-0.39, 0.29) is 5.97 Å². The van der Waals surface area contributed by atoms with Crippen LogP contribution in [-0.4, -0.2) is 46.3 Å². The number of hydrogen-bond donors (Lipinski definition) is 1. The van der Waals surface area contributed by atoms with Crippen molar-refractivity contribution in [1.29, 1.82) is 0 Å². The molecule has 1 N–H and O–H groups in total. The number of aromatic nitrogens is 3. The molecule has 0 fully saturated rings. The predicted molar refractivity (Wildman–Crippen MR) is 126 cm³/mol. The summed E-state index contributed by atoms with van der Waals surface area (Å²) in [5.74, 6) is 2.41. The van der Waals surface area contributed by atoms with Gasteiger partial charge in [0.2, 0.25) is 11.1 Å². The normalized spacial score (nSPS) is 15.2. The van der Waals surface area contributed by atoms with Crippen molar-refractivity contribution in [2.24, 2.45) is 0 Å². The van der Waals surface area contributed by atoms with Crippen LogP contribution in [0.15, 0.2) is 34.6 Å². The average molecular weight is 461 g/mol. The lowest BCUT2D eigenvalue weighted by Gasteiger charge is -2.28. The zero-order valence-electron chi connectivity index (χ0n) is 19.4. The van der Waals surface area contributed by atoms with Gasteiger partial charge in [-0.25, -0.2) is 9.48 Å². The van der Waals surface area contributed by atoms with E-state index in [4.69, 9.17) is 14.2 Å². The van der Waals surface area contributed by atoms with Gasteiger partial charge in [0.15, 0.2) is 11.5 Å². The summed E-state index contributed by atoms with van der Waals surface area (Å²) in [6.45, 7) is 11.3. The average Bonchev–Trinajstić information content (AvgIpc) is 3.18. The highest BCUT2D eigenvalue weighted by Crippen LogP contribution is 2.40. The van der Waals surface area contributed by atoms with Crippen LogP contribution >= 0.6 is 11.8 Å². The molecule has 1 aromatic carbocycles. The van der Waals surface area contributed by atoms with Crippen LogP contribution < -0.4 is 14.8 Å². The van der Waals surface area contributed by atoms with Gasteiger partial charge in [0.05, 0.1) is 25.4 Å². The third-order valence-electron chi connectivity index (χ3n) is 4.81. The fraction of sp³-hybridized carbons (Fsp3) is 0.522. The molecule has 1 aliphatic rings. The topological polar surface area (TPSA) is 87.5 Å². The number of benzene rings is 1. The number of allylic oxidation sites excluding steroid dienone is 1. The van der Waals surface area contributed by atoms with Crippen molar-refractivity contribution in [1.82, 2.24) is 14.8 Å². The number of anilines is 1. The van der Waals surface area contributed by atoms with E-state index < -0.39 is 6.04 Å². The Hall–Kier alpha value is -2.68. The van der Waals surface area contributed by atoms with E-state index in [1.54, 1.807) is 16.4 Å². The Labute approximate surface area is 193 Å². The van der Waals surface area contributed by atoms with Gasteiger partial charge in [0.1, 0.15) is 6.04 Å². The summed E-state index contributed by atoms with van der Waals surface area (Å²) in [6, 6.07) is 5.26. The molecule has 2 aromatic rings. The molecule has 1 aromatic heterocycles. The Balaban J connectivity index is 2.10. The van der Waals surface area contributed by atoms with Gasteiger partial charge in [0.25, 0.3) is 0 Å². The Bertz CT molecular complexity index is 973. The minimum Gasteiger partial charge on any atom is -0.490 e. The van der Waals surface area contributed by atoms with Crippen LogP contribution in [0.3, 0.4) is 0 Å². The Kier molecular flexibility index (Phi) is 8.44. The van der Waals surface area contributed by atoms with Crippen LogP contribution in [0, 0.1) is 0 Å². The molecule has 2 heterocycles. The smallest absolute Gasteiger partial charge is 0.338 e. The van der Waals surface area contributed by atoms with E-state index in [0.29, 0.717) is 53.7 Å². The Morgan fingerprint density at radius 3 is 2.59 bits per heavy atom. The molecule has 0 aliphatic carbocycles. The second-order valence-corrected chi connectivity index (χ2v) is 8.52. The standard InChI is InChI=1S/C23H32N4O4S/c1-6-12-30-17-11-10-16(14-18(17)29-8-3)20-19(21(28)31-13-7-2)15(5)24-22-25-23(32-9-4)26-27(20)22/h10-11,14,20H,6-9,12-13H2,1-5H3,(H,24,25,26). The third kappa shape index (κ3) is 5.20. The molecule has 0 saturated heterocycles. The maximum absolute atomic E-state index is 13.1. The van der Waals surface area contributed by atoms with Gasteiger partial charge in [0, 0.05) is 5.70 Å². The van der Waals surface area contributed by atoms with Gasteiger partial charge in [-0.2, -0.15) is 4.98 Å². The van der Waals surface area contributed by atoms with Gasteiger partial charge >= 0.3 is 5.97 Å². The lowest BCUT2D eigenvalue weighted by atomic mass is 9.95. The number of ether oxygens (including phenoxy) is 3. The van der Waals surface area contributed by atoms with Gasteiger partial charge in [-0.05, 0) is 50.1 Å². The zero-order chi connectivity index (χ0) is 23.1. The van der Waals surface area contributed by atoms with E-state index in [2.05, 4.69) is 29.2 Å². The van der Waals surface area contributed by atoms with E-state index >= 15 is 0 Å². The number of fused-ring (bicyclic) bond motifs is 1. The minimum atomic E-state index is -0.492. The summed E-state index contributed by atoms with van der Waals surface area (Å²) in [5, 5.41) is 8.57. The SMILES string of the molecule is CCCOC(=O)C1=C(C)Nc2nc(SCC)nn2C1c1ccc(OCCC)c(OCC)c1. The Morgan fingerprint density at radius 1 is 1.12 bits per heavy atom. The Morgan fingerprint density at radius 2 is 1.91 bits per heavy atom. The summed E-state index contributed by atoms with van der Waals surface area (Å²) in [6.07, 6.45) is 1.65. The third-order valence-corrected chi connectivity index (χ3v) is 5.53. The molecule has 32 heavy (non-hydrogen) atoms. The van der Waals surface area contributed by atoms with E-state index in [1.807, 2.05) is 39.0 Å². The molecule has 8 nitrogen and oxygen atoms in total. The molecule has 1 atom stereocenters. The summed E-state index contributed by atoms with van der Waals surface area (Å²) < 4.78 is 19.0. The maximum atomic E-state index is 13.1. The number of rotatable bonds is 11. The molecule has 1 aliphatic heterocycles. The molecule has 9 heteroatoms. The fourth-order valence-electron chi connectivity index (χ4n) is 3.46. The molecule has 0 saturated carbocycles. The maximum Gasteiger partial charge on any atom is 0.338 e.